The molecule has 122 valence electrons. The van der Waals surface area contributed by atoms with Crippen LogP contribution in [0, 0.1) is 0 Å². The molecule has 0 unspecified atom stereocenters. The van der Waals surface area contributed by atoms with Gasteiger partial charge < -0.3 is 20.3 Å². The zero-order chi connectivity index (χ0) is 15.2. The Kier molecular flexibility index (Phi) is 5.51. The highest BCUT2D eigenvalue weighted by Gasteiger charge is 2.15. The summed E-state index contributed by atoms with van der Waals surface area (Å²) in [6.07, 6.45) is 6.23. The predicted molar refractivity (Wildman–Crippen MR) is 90.8 cm³/mol. The van der Waals surface area contributed by atoms with Crippen LogP contribution in [0.1, 0.15) is 31.4 Å². The smallest absolute Gasteiger partial charge is 0.149 e. The topological polar surface area (TPSA) is 49.4 Å². The van der Waals surface area contributed by atoms with E-state index in [0.29, 0.717) is 6.10 Å². The van der Waals surface area contributed by atoms with E-state index in [2.05, 4.69) is 34.7 Å². The zero-order valence-corrected chi connectivity index (χ0v) is 13.6. The number of fused-ring (bicyclic) bond motifs is 1. The van der Waals surface area contributed by atoms with Gasteiger partial charge in [-0.1, -0.05) is 6.42 Å². The van der Waals surface area contributed by atoms with Crippen LogP contribution in [0.3, 0.4) is 0 Å². The number of ether oxygens (including phenoxy) is 1. The Morgan fingerprint density at radius 3 is 3.09 bits per heavy atom. The van der Waals surface area contributed by atoms with Crippen molar-refractivity contribution in [2.75, 3.05) is 50.1 Å². The molecule has 1 fully saturated rings. The Morgan fingerprint density at radius 1 is 1.27 bits per heavy atom. The van der Waals surface area contributed by atoms with Gasteiger partial charge in [0.1, 0.15) is 5.82 Å². The number of likely N-dealkylation sites (N-methyl/N-ethyl adjacent to an activating group) is 1. The quantitative estimate of drug-likeness (QED) is 0.755. The molecule has 5 nitrogen and oxygen atoms in total. The average Bonchev–Trinajstić information content (AvgIpc) is 3.04. The number of anilines is 2. The number of aryl methyl sites for hydroxylation is 1. The largest absolute Gasteiger partial charge is 0.377 e. The van der Waals surface area contributed by atoms with Crippen molar-refractivity contribution >= 4 is 11.5 Å². The van der Waals surface area contributed by atoms with Crippen molar-refractivity contribution in [1.29, 1.82) is 0 Å². The molecule has 3 rings (SSSR count). The monoisotopic (exact) mass is 304 g/mol. The first-order chi connectivity index (χ1) is 10.8. The summed E-state index contributed by atoms with van der Waals surface area (Å²) in [6, 6.07) is 4.36. The molecular formula is C17H28N4O. The van der Waals surface area contributed by atoms with Gasteiger partial charge >= 0.3 is 0 Å². The first kappa shape index (κ1) is 15.6. The standard InChI is InChI=1S/C17H28N4O/c1-21-11-10-19-17-16(21)7-6-14(20-17)5-3-2-4-12-22-15-8-9-18-13-15/h6-7,15,18H,2-5,8-13H2,1H3,(H,19,20)/t15-/m1/s1. The Hall–Kier alpha value is -1.33. The van der Waals surface area contributed by atoms with Crippen molar-refractivity contribution in [3.8, 4) is 0 Å². The third-order valence-corrected chi connectivity index (χ3v) is 4.53. The second kappa shape index (κ2) is 7.79. The van der Waals surface area contributed by atoms with Crippen LogP contribution in [0.5, 0.6) is 0 Å². The molecule has 0 radical (unpaired) electrons. The minimum Gasteiger partial charge on any atom is -0.377 e. The highest BCUT2D eigenvalue weighted by atomic mass is 16.5. The Morgan fingerprint density at radius 2 is 2.23 bits per heavy atom. The highest BCUT2D eigenvalue weighted by Crippen LogP contribution is 2.26. The van der Waals surface area contributed by atoms with Crippen LogP contribution in [-0.4, -0.2) is 50.9 Å². The molecule has 22 heavy (non-hydrogen) atoms. The molecule has 0 amide bonds. The summed E-state index contributed by atoms with van der Waals surface area (Å²) in [4.78, 5) is 7.01. The number of rotatable bonds is 7. The van der Waals surface area contributed by atoms with E-state index < -0.39 is 0 Å². The molecule has 1 aromatic rings. The molecule has 0 saturated carbocycles. The van der Waals surface area contributed by atoms with Gasteiger partial charge in [-0.25, -0.2) is 4.98 Å². The van der Waals surface area contributed by atoms with Crippen LogP contribution in [-0.2, 0) is 11.2 Å². The fraction of sp³-hybridized carbons (Fsp3) is 0.706. The maximum atomic E-state index is 5.85. The number of nitrogens with zero attached hydrogens (tertiary/aromatic N) is 2. The molecule has 1 saturated heterocycles. The van der Waals surface area contributed by atoms with E-state index >= 15 is 0 Å². The lowest BCUT2D eigenvalue weighted by Crippen LogP contribution is -2.31. The summed E-state index contributed by atoms with van der Waals surface area (Å²) in [6.45, 7) is 5.06. The van der Waals surface area contributed by atoms with Crippen LogP contribution in [0.25, 0.3) is 0 Å². The average molecular weight is 304 g/mol. The maximum absolute atomic E-state index is 5.85. The first-order valence-corrected chi connectivity index (χ1v) is 8.60. The van der Waals surface area contributed by atoms with Gasteiger partial charge in [-0.15, -0.1) is 0 Å². The minimum absolute atomic E-state index is 0.449. The van der Waals surface area contributed by atoms with E-state index in [-0.39, 0.29) is 0 Å². The lowest BCUT2D eigenvalue weighted by Gasteiger charge is -2.27. The molecule has 5 heteroatoms. The van der Waals surface area contributed by atoms with Gasteiger partial charge in [0, 0.05) is 39.0 Å². The lowest BCUT2D eigenvalue weighted by atomic mass is 10.1. The molecule has 0 spiro atoms. The number of unbranched alkanes of at least 4 members (excludes halogenated alkanes) is 2. The number of hydrogen-bond donors (Lipinski definition) is 2. The third-order valence-electron chi connectivity index (χ3n) is 4.53. The van der Waals surface area contributed by atoms with Gasteiger partial charge in [-0.3, -0.25) is 0 Å². The van der Waals surface area contributed by atoms with Gasteiger partial charge in [0.2, 0.25) is 0 Å². The molecule has 2 N–H and O–H groups in total. The molecule has 3 heterocycles. The number of nitrogens with one attached hydrogen (secondary N) is 2. The Labute approximate surface area is 133 Å². The maximum Gasteiger partial charge on any atom is 0.149 e. The molecule has 0 aromatic carbocycles. The second-order valence-corrected chi connectivity index (χ2v) is 6.31. The molecular weight excluding hydrogens is 276 g/mol. The van der Waals surface area contributed by atoms with E-state index in [1.54, 1.807) is 0 Å². The fourth-order valence-electron chi connectivity index (χ4n) is 3.14. The van der Waals surface area contributed by atoms with Gasteiger partial charge in [-0.2, -0.15) is 0 Å². The van der Waals surface area contributed by atoms with E-state index in [0.717, 1.165) is 51.4 Å². The van der Waals surface area contributed by atoms with E-state index in [9.17, 15) is 0 Å². The van der Waals surface area contributed by atoms with Gasteiger partial charge in [0.15, 0.2) is 0 Å². The third kappa shape index (κ3) is 4.11. The summed E-state index contributed by atoms with van der Waals surface area (Å²) in [5.74, 6) is 1.04. The highest BCUT2D eigenvalue weighted by molar-refractivity contribution is 5.67. The van der Waals surface area contributed by atoms with Crippen molar-refractivity contribution in [2.24, 2.45) is 0 Å². The number of pyridine rings is 1. The van der Waals surface area contributed by atoms with Crippen LogP contribution in [0.15, 0.2) is 12.1 Å². The lowest BCUT2D eigenvalue weighted by molar-refractivity contribution is 0.0642. The zero-order valence-electron chi connectivity index (χ0n) is 13.6. The summed E-state index contributed by atoms with van der Waals surface area (Å²) >= 11 is 0. The van der Waals surface area contributed by atoms with Crippen molar-refractivity contribution in [3.63, 3.8) is 0 Å². The number of hydrogen-bond acceptors (Lipinski definition) is 5. The minimum atomic E-state index is 0.449. The molecule has 0 aliphatic carbocycles. The molecule has 2 aliphatic rings. The van der Waals surface area contributed by atoms with Crippen molar-refractivity contribution in [1.82, 2.24) is 10.3 Å². The summed E-state index contributed by atoms with van der Waals surface area (Å²) in [5.41, 5.74) is 2.41. The molecule has 1 atom stereocenters. The predicted octanol–water partition coefficient (Wildman–Crippen LogP) is 2.03. The van der Waals surface area contributed by atoms with Crippen LogP contribution in [0.2, 0.25) is 0 Å². The summed E-state index contributed by atoms with van der Waals surface area (Å²) in [7, 11) is 2.13. The number of aromatic nitrogens is 1. The second-order valence-electron chi connectivity index (χ2n) is 6.31. The molecule has 0 bridgehead atoms. The van der Waals surface area contributed by atoms with Gasteiger partial charge in [-0.05, 0) is 44.4 Å². The Bertz CT molecular complexity index is 474. The summed E-state index contributed by atoms with van der Waals surface area (Å²) < 4.78 is 5.85. The van der Waals surface area contributed by atoms with Crippen LogP contribution >= 0.6 is 0 Å². The SMILES string of the molecule is CN1CCNc2nc(CCCCCO[C@@H]3CCNC3)ccc21. The van der Waals surface area contributed by atoms with Crippen molar-refractivity contribution < 1.29 is 4.74 Å². The van der Waals surface area contributed by atoms with Gasteiger partial charge in [0.05, 0.1) is 11.8 Å². The fourth-order valence-corrected chi connectivity index (χ4v) is 3.14. The van der Waals surface area contributed by atoms with Crippen LogP contribution in [0.4, 0.5) is 11.5 Å². The van der Waals surface area contributed by atoms with E-state index in [1.807, 2.05) is 0 Å². The molecule has 2 aliphatic heterocycles. The van der Waals surface area contributed by atoms with Crippen LogP contribution < -0.4 is 15.5 Å². The van der Waals surface area contributed by atoms with E-state index in [1.165, 1.54) is 30.6 Å². The van der Waals surface area contributed by atoms with Crippen molar-refractivity contribution in [2.45, 2.75) is 38.2 Å². The van der Waals surface area contributed by atoms with Crippen molar-refractivity contribution in [3.05, 3.63) is 17.8 Å². The summed E-state index contributed by atoms with van der Waals surface area (Å²) in [5, 5.41) is 6.73. The van der Waals surface area contributed by atoms with Gasteiger partial charge in [0.25, 0.3) is 0 Å². The Balaban J connectivity index is 1.35. The molecule has 1 aromatic heterocycles. The normalized spacial score (nSPS) is 20.8. The van der Waals surface area contributed by atoms with E-state index in [4.69, 9.17) is 9.72 Å². The first-order valence-electron chi connectivity index (χ1n) is 8.60.